The molecule has 2 aliphatic heterocycles. The number of para-hydroxylation sites is 1. The van der Waals surface area contributed by atoms with Crippen molar-refractivity contribution < 1.29 is 4.79 Å². The Balaban J connectivity index is 1.61. The second-order valence-electron chi connectivity index (χ2n) is 5.84. The monoisotopic (exact) mass is 331 g/mol. The predicted octanol–water partition coefficient (Wildman–Crippen LogP) is 3.64. The molecule has 2 N–H and O–H groups in total. The Labute approximate surface area is 143 Å². The first kappa shape index (κ1) is 13.6. The van der Waals surface area contributed by atoms with E-state index >= 15 is 0 Å². The van der Waals surface area contributed by atoms with Crippen LogP contribution in [0.15, 0.2) is 71.8 Å². The van der Waals surface area contributed by atoms with E-state index in [1.165, 1.54) is 11.8 Å². The molecule has 1 unspecified atom stereocenters. The lowest BCUT2D eigenvalue weighted by Crippen LogP contribution is -2.39. The summed E-state index contributed by atoms with van der Waals surface area (Å²) >= 11 is 1.47. The maximum absolute atomic E-state index is 12.6. The summed E-state index contributed by atoms with van der Waals surface area (Å²) in [6, 6.07) is 22.1. The number of hydrogen-bond donors (Lipinski definition) is 2. The van der Waals surface area contributed by atoms with Gasteiger partial charge < -0.3 is 5.32 Å². The van der Waals surface area contributed by atoms with Crippen molar-refractivity contribution in [3.63, 3.8) is 0 Å². The highest BCUT2D eigenvalue weighted by Gasteiger charge is 2.51. The van der Waals surface area contributed by atoms with Crippen molar-refractivity contribution in [2.24, 2.45) is 5.10 Å². The quantitative estimate of drug-likeness (QED) is 0.716. The Morgan fingerprint density at radius 2 is 1.71 bits per heavy atom. The summed E-state index contributed by atoms with van der Waals surface area (Å²) < 4.78 is 0. The highest BCUT2D eigenvalue weighted by atomic mass is 32.2. The third kappa shape index (κ3) is 1.76. The normalized spacial score (nSPS) is 21.5. The fraction of sp³-hybridized carbons (Fsp3) is 0.0526. The van der Waals surface area contributed by atoms with E-state index in [1.807, 2.05) is 48.5 Å². The van der Waals surface area contributed by atoms with Crippen LogP contribution in [0.1, 0.15) is 11.1 Å². The van der Waals surface area contributed by atoms with Crippen molar-refractivity contribution in [3.05, 3.63) is 77.9 Å². The molecule has 2 aliphatic rings. The zero-order valence-corrected chi connectivity index (χ0v) is 13.4. The number of benzene rings is 3. The third-order valence-electron chi connectivity index (χ3n) is 4.46. The average molecular weight is 331 g/mol. The molecular formula is C19H13N3OS. The van der Waals surface area contributed by atoms with E-state index in [2.05, 4.69) is 34.0 Å². The molecule has 0 aliphatic carbocycles. The number of amides is 1. The number of fused-ring (bicyclic) bond motifs is 3. The summed E-state index contributed by atoms with van der Waals surface area (Å²) in [6.07, 6.45) is 0. The topological polar surface area (TPSA) is 53.5 Å². The minimum atomic E-state index is -0.872. The summed E-state index contributed by atoms with van der Waals surface area (Å²) in [6.45, 7) is 0. The number of nitrogens with one attached hydrogen (secondary N) is 2. The fourth-order valence-corrected chi connectivity index (χ4v) is 4.48. The molecule has 3 aromatic carbocycles. The maximum Gasteiger partial charge on any atom is 0.267 e. The fourth-order valence-electron chi connectivity index (χ4n) is 3.29. The SMILES string of the molecule is O=C1Nc2ccccc2C12NN=C(c1cccc3ccccc13)S2. The van der Waals surface area contributed by atoms with E-state index in [9.17, 15) is 4.79 Å². The molecule has 24 heavy (non-hydrogen) atoms. The Hall–Kier alpha value is -2.79. The zero-order valence-electron chi connectivity index (χ0n) is 12.6. The van der Waals surface area contributed by atoms with E-state index in [1.54, 1.807) is 0 Å². The van der Waals surface area contributed by atoms with Gasteiger partial charge in [-0.05, 0) is 16.8 Å². The van der Waals surface area contributed by atoms with Gasteiger partial charge in [-0.15, -0.1) is 0 Å². The molecule has 0 aromatic heterocycles. The highest BCUT2D eigenvalue weighted by Crippen LogP contribution is 2.48. The Morgan fingerprint density at radius 3 is 2.67 bits per heavy atom. The molecule has 5 rings (SSSR count). The molecule has 116 valence electrons. The molecule has 1 amide bonds. The van der Waals surface area contributed by atoms with Gasteiger partial charge in [0.05, 0.1) is 0 Å². The zero-order chi connectivity index (χ0) is 16.1. The van der Waals surface area contributed by atoms with Crippen LogP contribution >= 0.6 is 11.8 Å². The second-order valence-corrected chi connectivity index (χ2v) is 7.04. The van der Waals surface area contributed by atoms with Gasteiger partial charge in [-0.2, -0.15) is 5.10 Å². The molecule has 0 saturated carbocycles. The molecule has 0 bridgehead atoms. The van der Waals surface area contributed by atoms with Gasteiger partial charge >= 0.3 is 0 Å². The number of carbonyl (C=O) groups excluding carboxylic acids is 1. The lowest BCUT2D eigenvalue weighted by atomic mass is 10.1. The molecule has 1 spiro atoms. The minimum Gasteiger partial charge on any atom is -0.323 e. The van der Waals surface area contributed by atoms with Crippen LogP contribution < -0.4 is 10.7 Å². The number of nitrogens with zero attached hydrogens (tertiary/aromatic N) is 1. The van der Waals surface area contributed by atoms with Gasteiger partial charge in [0.1, 0.15) is 5.04 Å². The van der Waals surface area contributed by atoms with Crippen molar-refractivity contribution in [1.82, 2.24) is 5.43 Å². The number of hydrogen-bond acceptors (Lipinski definition) is 4. The second kappa shape index (κ2) is 4.85. The van der Waals surface area contributed by atoms with E-state index in [0.717, 1.165) is 32.6 Å². The molecule has 3 aromatic rings. The first-order valence-corrected chi connectivity index (χ1v) is 8.52. The van der Waals surface area contributed by atoms with Gasteiger partial charge in [-0.3, -0.25) is 10.2 Å². The summed E-state index contributed by atoms with van der Waals surface area (Å²) in [5, 5.41) is 10.6. The number of rotatable bonds is 1. The van der Waals surface area contributed by atoms with Crippen LogP contribution in [0.25, 0.3) is 10.8 Å². The van der Waals surface area contributed by atoms with Gasteiger partial charge in [0.15, 0.2) is 0 Å². The van der Waals surface area contributed by atoms with Gasteiger partial charge in [0.2, 0.25) is 4.87 Å². The van der Waals surface area contributed by atoms with E-state index in [-0.39, 0.29) is 5.91 Å². The van der Waals surface area contributed by atoms with Gasteiger partial charge in [-0.25, -0.2) is 0 Å². The van der Waals surface area contributed by atoms with Crippen LogP contribution in [0.5, 0.6) is 0 Å². The average Bonchev–Trinajstić information content (AvgIpc) is 3.18. The van der Waals surface area contributed by atoms with Crippen LogP contribution in [0, 0.1) is 0 Å². The maximum atomic E-state index is 12.6. The van der Waals surface area contributed by atoms with Crippen LogP contribution in [0.2, 0.25) is 0 Å². The van der Waals surface area contributed by atoms with Crippen LogP contribution in [-0.4, -0.2) is 11.0 Å². The van der Waals surface area contributed by atoms with Crippen molar-refractivity contribution in [3.8, 4) is 0 Å². The molecule has 4 nitrogen and oxygen atoms in total. The van der Waals surface area contributed by atoms with E-state index < -0.39 is 4.87 Å². The van der Waals surface area contributed by atoms with E-state index in [4.69, 9.17) is 0 Å². The lowest BCUT2D eigenvalue weighted by Gasteiger charge is -2.19. The highest BCUT2D eigenvalue weighted by molar-refractivity contribution is 8.16. The Bertz CT molecular complexity index is 1020. The molecule has 5 heteroatoms. The summed E-state index contributed by atoms with van der Waals surface area (Å²) in [4.78, 5) is 11.8. The Morgan fingerprint density at radius 1 is 0.917 bits per heavy atom. The largest absolute Gasteiger partial charge is 0.323 e. The lowest BCUT2D eigenvalue weighted by molar-refractivity contribution is -0.118. The van der Waals surface area contributed by atoms with Crippen LogP contribution in [-0.2, 0) is 9.67 Å². The Kier molecular flexibility index (Phi) is 2.76. The van der Waals surface area contributed by atoms with Crippen molar-refractivity contribution in [1.29, 1.82) is 0 Å². The smallest absolute Gasteiger partial charge is 0.267 e. The number of hydrazone groups is 1. The molecule has 1 atom stereocenters. The van der Waals surface area contributed by atoms with Gasteiger partial charge in [0, 0.05) is 16.8 Å². The standard InChI is InChI=1S/C19H13N3OS/c23-18-19(15-10-3-4-11-16(15)20-18)22-21-17(24-19)14-9-5-7-12-6-1-2-8-13(12)14/h1-11,22H,(H,20,23). The van der Waals surface area contributed by atoms with E-state index in [0.29, 0.717) is 0 Å². The van der Waals surface area contributed by atoms with Crippen molar-refractivity contribution >= 4 is 39.2 Å². The van der Waals surface area contributed by atoms with Crippen LogP contribution in [0.4, 0.5) is 5.69 Å². The summed E-state index contributed by atoms with van der Waals surface area (Å²) in [5.74, 6) is -0.0762. The van der Waals surface area contributed by atoms with Crippen molar-refractivity contribution in [2.45, 2.75) is 4.87 Å². The summed E-state index contributed by atoms with van der Waals surface area (Å²) in [7, 11) is 0. The van der Waals surface area contributed by atoms with Crippen molar-refractivity contribution in [2.75, 3.05) is 5.32 Å². The van der Waals surface area contributed by atoms with Crippen LogP contribution in [0.3, 0.4) is 0 Å². The number of anilines is 1. The first-order chi connectivity index (χ1) is 11.8. The molecular weight excluding hydrogens is 318 g/mol. The molecule has 0 radical (unpaired) electrons. The summed E-state index contributed by atoms with van der Waals surface area (Å²) in [5.41, 5.74) is 5.91. The molecule has 0 fully saturated rings. The minimum absolute atomic E-state index is 0.0762. The molecule has 0 saturated heterocycles. The third-order valence-corrected chi connectivity index (χ3v) is 5.77. The first-order valence-electron chi connectivity index (χ1n) is 7.71. The van der Waals surface area contributed by atoms with Gasteiger partial charge in [0.25, 0.3) is 5.91 Å². The number of thioether (sulfide) groups is 1. The molecule has 2 heterocycles. The number of carbonyl (C=O) groups is 1. The van der Waals surface area contributed by atoms with Gasteiger partial charge in [-0.1, -0.05) is 72.4 Å². The predicted molar refractivity (Wildman–Crippen MR) is 98.0 cm³/mol.